The van der Waals surface area contributed by atoms with E-state index >= 15 is 0 Å². The van der Waals surface area contributed by atoms with Gasteiger partial charge in [-0.25, -0.2) is 15.0 Å². The van der Waals surface area contributed by atoms with Crippen LogP contribution in [-0.2, 0) is 6.54 Å². The first kappa shape index (κ1) is 23.4. The molecule has 1 saturated heterocycles. The number of aliphatic imine (C=N–C) groups is 1. The third-order valence-electron chi connectivity index (χ3n) is 5.11. The number of anilines is 1. The number of nitrogens with one attached hydrogen (secondary N) is 1. The fraction of sp³-hybridized carbons (Fsp3) is 0.600. The van der Waals surface area contributed by atoms with Gasteiger partial charge in [-0.15, -0.1) is 24.0 Å². The van der Waals surface area contributed by atoms with Crippen LogP contribution in [0.3, 0.4) is 0 Å². The molecule has 2 aromatic rings. The van der Waals surface area contributed by atoms with E-state index in [9.17, 15) is 0 Å². The maximum absolute atomic E-state index is 5.51. The zero-order valence-electron chi connectivity index (χ0n) is 17.5. The molecule has 0 aromatic carbocycles. The summed E-state index contributed by atoms with van der Waals surface area (Å²) in [5.41, 5.74) is 1.04. The van der Waals surface area contributed by atoms with Gasteiger partial charge in [-0.3, -0.25) is 0 Å². The molecule has 8 nitrogen and oxygen atoms in total. The van der Waals surface area contributed by atoms with Crippen molar-refractivity contribution in [2.45, 2.75) is 46.1 Å². The van der Waals surface area contributed by atoms with Gasteiger partial charge in [-0.05, 0) is 25.8 Å². The van der Waals surface area contributed by atoms with E-state index in [1.165, 1.54) is 0 Å². The lowest BCUT2D eigenvalue weighted by Gasteiger charge is -2.36. The highest BCUT2D eigenvalue weighted by molar-refractivity contribution is 14.0. The van der Waals surface area contributed by atoms with Crippen molar-refractivity contribution in [1.29, 1.82) is 0 Å². The van der Waals surface area contributed by atoms with Crippen molar-refractivity contribution in [3.8, 4) is 0 Å². The Labute approximate surface area is 190 Å². The van der Waals surface area contributed by atoms with Gasteiger partial charge in [0.2, 0.25) is 5.95 Å². The summed E-state index contributed by atoms with van der Waals surface area (Å²) in [7, 11) is 0. The summed E-state index contributed by atoms with van der Waals surface area (Å²) < 4.78 is 5.51. The summed E-state index contributed by atoms with van der Waals surface area (Å²) in [5, 5.41) is 7.63. The largest absolute Gasteiger partial charge is 0.359 e. The molecule has 0 unspecified atom stereocenters. The number of aromatic nitrogens is 3. The molecule has 3 rings (SSSR count). The number of hydrogen-bond donors (Lipinski definition) is 1. The Morgan fingerprint density at radius 1 is 1.14 bits per heavy atom. The van der Waals surface area contributed by atoms with Gasteiger partial charge in [0.15, 0.2) is 11.7 Å². The van der Waals surface area contributed by atoms with Crippen molar-refractivity contribution in [1.82, 2.24) is 25.3 Å². The monoisotopic (exact) mass is 513 g/mol. The van der Waals surface area contributed by atoms with E-state index in [2.05, 4.69) is 57.1 Å². The number of hydrogen-bond acceptors (Lipinski definition) is 6. The van der Waals surface area contributed by atoms with E-state index in [-0.39, 0.29) is 24.0 Å². The molecule has 160 valence electrons. The highest BCUT2D eigenvalue weighted by Gasteiger charge is 2.21. The fourth-order valence-electron chi connectivity index (χ4n) is 3.45. The van der Waals surface area contributed by atoms with Gasteiger partial charge in [0.1, 0.15) is 6.54 Å². The maximum Gasteiger partial charge on any atom is 0.225 e. The SMILES string of the molecule is CCNC(=NCc1cc(C(CC)CC)no1)N1CCN(c2ncccn2)CC1.I. The molecule has 0 aliphatic carbocycles. The van der Waals surface area contributed by atoms with E-state index < -0.39 is 0 Å². The van der Waals surface area contributed by atoms with E-state index in [4.69, 9.17) is 9.52 Å². The first-order valence-electron chi connectivity index (χ1n) is 10.3. The Hall–Kier alpha value is -1.91. The summed E-state index contributed by atoms with van der Waals surface area (Å²) in [6.07, 6.45) is 5.72. The van der Waals surface area contributed by atoms with Gasteiger partial charge in [-0.2, -0.15) is 0 Å². The van der Waals surface area contributed by atoms with E-state index in [1.54, 1.807) is 12.4 Å². The minimum absolute atomic E-state index is 0. The van der Waals surface area contributed by atoms with Crippen molar-refractivity contribution < 1.29 is 4.52 Å². The molecule has 3 heterocycles. The second-order valence-corrected chi connectivity index (χ2v) is 6.92. The molecule has 0 bridgehead atoms. The average Bonchev–Trinajstić information content (AvgIpc) is 3.21. The normalized spacial score (nSPS) is 14.8. The van der Waals surface area contributed by atoms with Crippen LogP contribution in [-0.4, -0.2) is 58.7 Å². The quantitative estimate of drug-likeness (QED) is 0.346. The van der Waals surface area contributed by atoms with Crippen LogP contribution in [0.1, 0.15) is 51.0 Å². The van der Waals surface area contributed by atoms with Crippen molar-refractivity contribution in [3.63, 3.8) is 0 Å². The predicted molar refractivity (Wildman–Crippen MR) is 126 cm³/mol. The summed E-state index contributed by atoms with van der Waals surface area (Å²) in [6.45, 7) is 11.3. The van der Waals surface area contributed by atoms with Crippen LogP contribution < -0.4 is 10.2 Å². The summed E-state index contributed by atoms with van der Waals surface area (Å²) in [4.78, 5) is 18.0. The number of nitrogens with zero attached hydrogens (tertiary/aromatic N) is 6. The molecule has 1 fully saturated rings. The van der Waals surface area contributed by atoms with Crippen LogP contribution in [0.4, 0.5) is 5.95 Å². The lowest BCUT2D eigenvalue weighted by molar-refractivity contribution is 0.361. The number of piperazine rings is 1. The van der Waals surface area contributed by atoms with Gasteiger partial charge in [0, 0.05) is 57.1 Å². The van der Waals surface area contributed by atoms with Crippen molar-refractivity contribution in [2.24, 2.45) is 4.99 Å². The van der Waals surface area contributed by atoms with E-state index in [0.29, 0.717) is 12.5 Å². The summed E-state index contributed by atoms with van der Waals surface area (Å²) >= 11 is 0. The molecular formula is C20H32IN7O. The van der Waals surface area contributed by atoms with Gasteiger partial charge in [-0.1, -0.05) is 19.0 Å². The van der Waals surface area contributed by atoms with E-state index in [0.717, 1.165) is 68.9 Å². The topological polar surface area (TPSA) is 82.7 Å². The van der Waals surface area contributed by atoms with Gasteiger partial charge >= 0.3 is 0 Å². The fourth-order valence-corrected chi connectivity index (χ4v) is 3.45. The van der Waals surface area contributed by atoms with Crippen LogP contribution in [0.15, 0.2) is 34.0 Å². The van der Waals surface area contributed by atoms with Crippen LogP contribution in [0.2, 0.25) is 0 Å². The molecule has 1 N–H and O–H groups in total. The van der Waals surface area contributed by atoms with Crippen LogP contribution >= 0.6 is 24.0 Å². The average molecular weight is 513 g/mol. The molecule has 2 aromatic heterocycles. The molecular weight excluding hydrogens is 481 g/mol. The molecule has 9 heteroatoms. The minimum atomic E-state index is 0. The highest BCUT2D eigenvalue weighted by Crippen LogP contribution is 2.22. The first-order valence-corrected chi connectivity index (χ1v) is 10.3. The van der Waals surface area contributed by atoms with Crippen molar-refractivity contribution >= 4 is 35.9 Å². The second-order valence-electron chi connectivity index (χ2n) is 6.92. The summed E-state index contributed by atoms with van der Waals surface area (Å²) in [5.74, 6) is 2.98. The Balaban J connectivity index is 0.00000300. The van der Waals surface area contributed by atoms with Gasteiger partial charge in [0.05, 0.1) is 5.69 Å². The Bertz CT molecular complexity index is 740. The number of rotatable bonds is 7. The molecule has 0 amide bonds. The lowest BCUT2D eigenvalue weighted by Crippen LogP contribution is -2.52. The smallest absolute Gasteiger partial charge is 0.225 e. The zero-order chi connectivity index (χ0) is 19.8. The Morgan fingerprint density at radius 3 is 2.45 bits per heavy atom. The zero-order valence-corrected chi connectivity index (χ0v) is 19.9. The molecule has 1 aliphatic heterocycles. The van der Waals surface area contributed by atoms with Crippen LogP contribution in [0.5, 0.6) is 0 Å². The minimum Gasteiger partial charge on any atom is -0.359 e. The number of halogens is 1. The lowest BCUT2D eigenvalue weighted by atomic mass is 9.99. The Morgan fingerprint density at radius 2 is 1.83 bits per heavy atom. The standard InChI is InChI=1S/C20H31N7O.HI/c1-4-16(5-2)18-14-17(28-25-18)15-24-19(21-6-3)26-10-12-27(13-11-26)20-22-8-7-9-23-20;/h7-9,14,16H,4-6,10-13,15H2,1-3H3,(H,21,24);1H. The third-order valence-corrected chi connectivity index (χ3v) is 5.11. The first-order chi connectivity index (χ1) is 13.7. The highest BCUT2D eigenvalue weighted by atomic mass is 127. The molecule has 0 saturated carbocycles. The maximum atomic E-state index is 5.51. The van der Waals surface area contributed by atoms with Crippen molar-refractivity contribution in [3.05, 3.63) is 36.0 Å². The molecule has 0 atom stereocenters. The van der Waals surface area contributed by atoms with Crippen molar-refractivity contribution in [2.75, 3.05) is 37.6 Å². The molecule has 0 spiro atoms. The molecule has 1 aliphatic rings. The predicted octanol–water partition coefficient (Wildman–Crippen LogP) is 3.27. The van der Waals surface area contributed by atoms with Gasteiger partial charge in [0.25, 0.3) is 0 Å². The molecule has 0 radical (unpaired) electrons. The Kier molecular flexibility index (Phi) is 9.62. The number of guanidine groups is 1. The van der Waals surface area contributed by atoms with Crippen LogP contribution in [0.25, 0.3) is 0 Å². The molecule has 29 heavy (non-hydrogen) atoms. The summed E-state index contributed by atoms with van der Waals surface area (Å²) in [6, 6.07) is 3.89. The van der Waals surface area contributed by atoms with Crippen LogP contribution in [0, 0.1) is 0 Å². The van der Waals surface area contributed by atoms with Gasteiger partial charge < -0.3 is 19.6 Å². The van der Waals surface area contributed by atoms with E-state index in [1.807, 2.05) is 6.07 Å². The third kappa shape index (κ3) is 6.28. The second kappa shape index (κ2) is 11.9.